The quantitative estimate of drug-likeness (QED) is 0.751. The van der Waals surface area contributed by atoms with Gasteiger partial charge in [-0.25, -0.2) is 9.59 Å². The Morgan fingerprint density at radius 1 is 1.08 bits per heavy atom. The minimum absolute atomic E-state index is 0.0215. The Labute approximate surface area is 141 Å². The molecule has 9 heteroatoms. The van der Waals surface area contributed by atoms with E-state index in [4.69, 9.17) is 15.2 Å². The maximum Gasteiger partial charge on any atom is 0.405 e. The van der Waals surface area contributed by atoms with Gasteiger partial charge in [-0.15, -0.1) is 0 Å². The van der Waals surface area contributed by atoms with Crippen molar-refractivity contribution < 1.29 is 23.9 Å². The van der Waals surface area contributed by atoms with E-state index in [2.05, 4.69) is 0 Å². The predicted molar refractivity (Wildman–Crippen MR) is 85.3 cm³/mol. The van der Waals surface area contributed by atoms with Gasteiger partial charge in [-0.3, -0.25) is 4.79 Å². The lowest BCUT2D eigenvalue weighted by molar-refractivity contribution is -0.143. The van der Waals surface area contributed by atoms with Crippen molar-refractivity contribution in [3.05, 3.63) is 0 Å². The second-order valence-corrected chi connectivity index (χ2v) is 6.31. The summed E-state index contributed by atoms with van der Waals surface area (Å²) < 4.78 is 10.0. The van der Waals surface area contributed by atoms with E-state index in [1.807, 2.05) is 18.7 Å². The number of morpholine rings is 1. The Morgan fingerprint density at radius 2 is 1.62 bits per heavy atom. The number of urea groups is 1. The molecule has 2 rings (SSSR count). The Morgan fingerprint density at radius 3 is 2.12 bits per heavy atom. The van der Waals surface area contributed by atoms with E-state index in [0.29, 0.717) is 39.4 Å². The molecule has 2 fully saturated rings. The number of hydrogen-bond acceptors (Lipinski definition) is 5. The summed E-state index contributed by atoms with van der Waals surface area (Å²) in [5, 5.41) is 0. The maximum absolute atomic E-state index is 12.7. The first-order valence-corrected chi connectivity index (χ1v) is 8.21. The summed E-state index contributed by atoms with van der Waals surface area (Å²) in [6, 6.07) is -0.283. The van der Waals surface area contributed by atoms with Crippen LogP contribution >= 0.6 is 0 Å². The van der Waals surface area contributed by atoms with Gasteiger partial charge >= 0.3 is 12.1 Å². The van der Waals surface area contributed by atoms with E-state index < -0.39 is 12.2 Å². The number of primary amides is 1. The van der Waals surface area contributed by atoms with Crippen LogP contribution in [0.2, 0.25) is 0 Å². The largest absolute Gasteiger partial charge is 0.437 e. The Hall–Kier alpha value is -2.03. The number of nitrogens with two attached hydrogens (primary N) is 1. The van der Waals surface area contributed by atoms with Crippen molar-refractivity contribution in [1.82, 2.24) is 14.7 Å². The average molecular weight is 342 g/mol. The van der Waals surface area contributed by atoms with Crippen LogP contribution in [0.3, 0.4) is 0 Å². The van der Waals surface area contributed by atoms with Crippen LogP contribution in [0.1, 0.15) is 20.8 Å². The molecule has 0 radical (unpaired) electrons. The standard InChI is InChI=1S/C15H26N4O5/c1-10-8-18(13(20)12(3)24-14(16)21)9-11(2)19(10)15(22)17-4-6-23-7-5-17/h10-12H,4-9H2,1-3H3,(H2,16,21)/t10?,11?,12-/m0/s1. The summed E-state index contributed by atoms with van der Waals surface area (Å²) in [7, 11) is 0. The molecule has 136 valence electrons. The summed E-state index contributed by atoms with van der Waals surface area (Å²) in [4.78, 5) is 41.1. The molecule has 2 aliphatic rings. The number of nitrogens with zero attached hydrogens (tertiary/aromatic N) is 3. The van der Waals surface area contributed by atoms with Crippen molar-refractivity contribution in [2.75, 3.05) is 39.4 Å². The molecule has 2 saturated heterocycles. The van der Waals surface area contributed by atoms with E-state index in [-0.39, 0.29) is 24.0 Å². The third-order valence-electron chi connectivity index (χ3n) is 4.37. The number of amides is 4. The Kier molecular flexibility index (Phi) is 5.87. The molecule has 0 aromatic heterocycles. The van der Waals surface area contributed by atoms with Crippen LogP contribution in [0.25, 0.3) is 0 Å². The van der Waals surface area contributed by atoms with Crippen molar-refractivity contribution in [1.29, 1.82) is 0 Å². The molecular weight excluding hydrogens is 316 g/mol. The van der Waals surface area contributed by atoms with Gasteiger partial charge in [0.05, 0.1) is 13.2 Å². The number of carbonyl (C=O) groups excluding carboxylic acids is 3. The fraction of sp³-hybridized carbons (Fsp3) is 0.800. The first-order chi connectivity index (χ1) is 11.3. The summed E-state index contributed by atoms with van der Waals surface area (Å²) in [5.74, 6) is -0.300. The van der Waals surface area contributed by atoms with Gasteiger partial charge in [-0.2, -0.15) is 0 Å². The molecule has 0 saturated carbocycles. The normalized spacial score (nSPS) is 26.0. The van der Waals surface area contributed by atoms with Gasteiger partial charge in [-0.05, 0) is 20.8 Å². The van der Waals surface area contributed by atoms with Crippen LogP contribution in [0.4, 0.5) is 9.59 Å². The number of carbonyl (C=O) groups is 3. The first kappa shape index (κ1) is 18.3. The summed E-state index contributed by atoms with van der Waals surface area (Å²) in [6.07, 6.45) is -1.90. The lowest BCUT2D eigenvalue weighted by Gasteiger charge is -2.46. The third-order valence-corrected chi connectivity index (χ3v) is 4.37. The molecule has 2 unspecified atom stereocenters. The van der Waals surface area contributed by atoms with Gasteiger partial charge in [0.15, 0.2) is 6.10 Å². The van der Waals surface area contributed by atoms with Gasteiger partial charge in [0, 0.05) is 38.3 Å². The van der Waals surface area contributed by atoms with Crippen molar-refractivity contribution in [3.63, 3.8) is 0 Å². The smallest absolute Gasteiger partial charge is 0.405 e. The van der Waals surface area contributed by atoms with Crippen LogP contribution in [0.5, 0.6) is 0 Å². The molecule has 0 bridgehead atoms. The van der Waals surface area contributed by atoms with E-state index in [1.165, 1.54) is 6.92 Å². The van der Waals surface area contributed by atoms with Crippen LogP contribution < -0.4 is 5.73 Å². The van der Waals surface area contributed by atoms with Crippen molar-refractivity contribution in [2.24, 2.45) is 5.73 Å². The number of piperazine rings is 1. The van der Waals surface area contributed by atoms with Gasteiger partial charge < -0.3 is 29.9 Å². The fourth-order valence-electron chi connectivity index (χ4n) is 3.28. The van der Waals surface area contributed by atoms with E-state index in [1.54, 1.807) is 9.80 Å². The minimum Gasteiger partial charge on any atom is -0.437 e. The first-order valence-electron chi connectivity index (χ1n) is 8.21. The molecule has 0 aromatic carbocycles. The Balaban J connectivity index is 1.99. The lowest BCUT2D eigenvalue weighted by Crippen LogP contribution is -2.63. The van der Waals surface area contributed by atoms with Gasteiger partial charge in [0.25, 0.3) is 5.91 Å². The third kappa shape index (κ3) is 4.08. The topological polar surface area (TPSA) is 105 Å². The van der Waals surface area contributed by atoms with E-state index in [9.17, 15) is 14.4 Å². The molecule has 4 amide bonds. The van der Waals surface area contributed by atoms with Gasteiger partial charge in [0.1, 0.15) is 0 Å². The average Bonchev–Trinajstić information content (AvgIpc) is 2.53. The van der Waals surface area contributed by atoms with Gasteiger partial charge in [0.2, 0.25) is 0 Å². The molecule has 2 heterocycles. The molecule has 2 aliphatic heterocycles. The van der Waals surface area contributed by atoms with Crippen LogP contribution in [-0.4, -0.2) is 90.3 Å². The highest BCUT2D eigenvalue weighted by Crippen LogP contribution is 2.19. The van der Waals surface area contributed by atoms with Crippen LogP contribution in [0, 0.1) is 0 Å². The zero-order chi connectivity index (χ0) is 17.9. The zero-order valence-corrected chi connectivity index (χ0v) is 14.4. The monoisotopic (exact) mass is 342 g/mol. The number of hydrogen-bond donors (Lipinski definition) is 1. The van der Waals surface area contributed by atoms with Crippen molar-refractivity contribution >= 4 is 18.0 Å². The fourth-order valence-corrected chi connectivity index (χ4v) is 3.28. The highest BCUT2D eigenvalue weighted by atomic mass is 16.6. The maximum atomic E-state index is 12.7. The second kappa shape index (κ2) is 7.69. The van der Waals surface area contributed by atoms with E-state index in [0.717, 1.165) is 0 Å². The van der Waals surface area contributed by atoms with Crippen molar-refractivity contribution in [2.45, 2.75) is 39.0 Å². The number of rotatable bonds is 2. The summed E-state index contributed by atoms with van der Waals surface area (Å²) in [5.41, 5.74) is 4.96. The zero-order valence-electron chi connectivity index (χ0n) is 14.4. The summed E-state index contributed by atoms with van der Waals surface area (Å²) in [6.45, 7) is 8.37. The summed E-state index contributed by atoms with van der Waals surface area (Å²) >= 11 is 0. The molecular formula is C15H26N4O5. The van der Waals surface area contributed by atoms with E-state index >= 15 is 0 Å². The van der Waals surface area contributed by atoms with Crippen LogP contribution in [-0.2, 0) is 14.3 Å². The number of ether oxygens (including phenoxy) is 2. The molecule has 9 nitrogen and oxygen atoms in total. The molecule has 3 atom stereocenters. The SMILES string of the molecule is CC1CN(C(=O)[C@H](C)OC(N)=O)CC(C)N1C(=O)N1CCOCC1. The highest BCUT2D eigenvalue weighted by Gasteiger charge is 2.38. The highest BCUT2D eigenvalue weighted by molar-refractivity contribution is 5.83. The second-order valence-electron chi connectivity index (χ2n) is 6.31. The van der Waals surface area contributed by atoms with Crippen molar-refractivity contribution in [3.8, 4) is 0 Å². The molecule has 0 aliphatic carbocycles. The molecule has 24 heavy (non-hydrogen) atoms. The minimum atomic E-state index is -0.974. The predicted octanol–water partition coefficient (Wildman–Crippen LogP) is -0.156. The van der Waals surface area contributed by atoms with Crippen LogP contribution in [0.15, 0.2) is 0 Å². The molecule has 2 N–H and O–H groups in total. The lowest BCUT2D eigenvalue weighted by atomic mass is 10.1. The molecule has 0 aromatic rings. The Bertz CT molecular complexity index is 482. The van der Waals surface area contributed by atoms with Gasteiger partial charge in [-0.1, -0.05) is 0 Å². The molecule has 0 spiro atoms.